The third-order valence-electron chi connectivity index (χ3n) is 3.45. The first-order chi connectivity index (χ1) is 11.7. The number of nitrogens with one attached hydrogen (secondary N) is 1. The summed E-state index contributed by atoms with van der Waals surface area (Å²) in [6, 6.07) is 15.0. The summed E-state index contributed by atoms with van der Waals surface area (Å²) in [5.74, 6) is 1.99. The second kappa shape index (κ2) is 9.45. The van der Waals surface area contributed by atoms with Gasteiger partial charge in [0.1, 0.15) is 23.9 Å². The highest BCUT2D eigenvalue weighted by Gasteiger charge is 2.03. The molecule has 1 amide bonds. The summed E-state index contributed by atoms with van der Waals surface area (Å²) in [5.41, 5.74) is 1.27. The van der Waals surface area contributed by atoms with Crippen molar-refractivity contribution in [2.45, 2.75) is 13.3 Å². The smallest absolute Gasteiger partial charge is 0.258 e. The standard InChI is InChI=1S/C19H23NO4/c1-3-15-4-6-17(7-5-15)23-13-12-20-19(21)14-24-18-10-8-16(22-2)9-11-18/h4-11H,3,12-14H2,1-2H3,(H,20,21). The number of benzene rings is 2. The summed E-state index contributed by atoms with van der Waals surface area (Å²) in [4.78, 5) is 11.7. The first-order valence-corrected chi connectivity index (χ1v) is 7.96. The van der Waals surface area contributed by atoms with Crippen molar-refractivity contribution >= 4 is 5.91 Å². The van der Waals surface area contributed by atoms with E-state index in [2.05, 4.69) is 12.2 Å². The molecule has 0 heterocycles. The van der Waals surface area contributed by atoms with Crippen LogP contribution in [0.1, 0.15) is 12.5 Å². The van der Waals surface area contributed by atoms with E-state index in [1.165, 1.54) is 5.56 Å². The van der Waals surface area contributed by atoms with Crippen LogP contribution in [-0.2, 0) is 11.2 Å². The molecule has 5 nitrogen and oxygen atoms in total. The van der Waals surface area contributed by atoms with E-state index in [9.17, 15) is 4.79 Å². The molecule has 0 saturated heterocycles. The molecule has 0 bridgehead atoms. The van der Waals surface area contributed by atoms with E-state index in [1.807, 2.05) is 24.3 Å². The van der Waals surface area contributed by atoms with Crippen LogP contribution in [0.3, 0.4) is 0 Å². The van der Waals surface area contributed by atoms with Gasteiger partial charge >= 0.3 is 0 Å². The zero-order chi connectivity index (χ0) is 17.2. The molecule has 0 aliphatic rings. The van der Waals surface area contributed by atoms with E-state index in [4.69, 9.17) is 14.2 Å². The van der Waals surface area contributed by atoms with Gasteiger partial charge in [0, 0.05) is 0 Å². The van der Waals surface area contributed by atoms with E-state index in [0.29, 0.717) is 18.9 Å². The van der Waals surface area contributed by atoms with Crippen molar-refractivity contribution in [3.05, 3.63) is 54.1 Å². The minimum atomic E-state index is -0.184. The van der Waals surface area contributed by atoms with Crippen molar-refractivity contribution in [1.29, 1.82) is 0 Å². The van der Waals surface area contributed by atoms with Crippen LogP contribution in [0, 0.1) is 0 Å². The fourth-order valence-electron chi connectivity index (χ4n) is 2.05. The third-order valence-corrected chi connectivity index (χ3v) is 3.45. The molecule has 0 aromatic heterocycles. The van der Waals surface area contributed by atoms with E-state index >= 15 is 0 Å². The van der Waals surface area contributed by atoms with Crippen molar-refractivity contribution in [1.82, 2.24) is 5.32 Å². The Morgan fingerprint density at radius 3 is 2.12 bits per heavy atom. The number of rotatable bonds is 9. The number of ether oxygens (including phenoxy) is 3. The number of carbonyl (C=O) groups is 1. The second-order valence-electron chi connectivity index (χ2n) is 5.16. The van der Waals surface area contributed by atoms with E-state index < -0.39 is 0 Å². The van der Waals surface area contributed by atoms with Gasteiger partial charge < -0.3 is 19.5 Å². The number of hydrogen-bond acceptors (Lipinski definition) is 4. The molecule has 2 aromatic rings. The van der Waals surface area contributed by atoms with Gasteiger partial charge in [-0.3, -0.25) is 4.79 Å². The quantitative estimate of drug-likeness (QED) is 0.719. The van der Waals surface area contributed by atoms with E-state index in [-0.39, 0.29) is 12.5 Å². The monoisotopic (exact) mass is 329 g/mol. The molecule has 0 aliphatic carbocycles. The maximum absolute atomic E-state index is 11.7. The highest BCUT2D eigenvalue weighted by Crippen LogP contribution is 2.16. The van der Waals surface area contributed by atoms with E-state index in [0.717, 1.165) is 17.9 Å². The Morgan fingerprint density at radius 2 is 1.50 bits per heavy atom. The van der Waals surface area contributed by atoms with Crippen LogP contribution >= 0.6 is 0 Å². The molecule has 128 valence electrons. The Balaban J connectivity index is 1.62. The predicted molar refractivity (Wildman–Crippen MR) is 92.8 cm³/mol. The van der Waals surface area contributed by atoms with Gasteiger partial charge in [-0.2, -0.15) is 0 Å². The molecule has 5 heteroatoms. The minimum Gasteiger partial charge on any atom is -0.497 e. The first kappa shape index (κ1) is 17.7. The average Bonchev–Trinajstić information content (AvgIpc) is 2.64. The Labute approximate surface area is 142 Å². The molecule has 0 radical (unpaired) electrons. The van der Waals surface area contributed by atoms with Crippen molar-refractivity contribution in [3.8, 4) is 17.2 Å². The molecule has 1 N–H and O–H groups in total. The normalized spacial score (nSPS) is 10.1. The highest BCUT2D eigenvalue weighted by atomic mass is 16.5. The maximum atomic E-state index is 11.7. The summed E-state index contributed by atoms with van der Waals surface area (Å²) in [6.07, 6.45) is 1.00. The lowest BCUT2D eigenvalue weighted by molar-refractivity contribution is -0.123. The van der Waals surface area contributed by atoms with Crippen molar-refractivity contribution < 1.29 is 19.0 Å². The molecule has 0 aliphatic heterocycles. The van der Waals surface area contributed by atoms with Gasteiger partial charge in [0.05, 0.1) is 13.7 Å². The lowest BCUT2D eigenvalue weighted by atomic mass is 10.2. The van der Waals surface area contributed by atoms with Gasteiger partial charge in [-0.05, 0) is 48.4 Å². The van der Waals surface area contributed by atoms with Gasteiger partial charge in [-0.15, -0.1) is 0 Å². The number of aryl methyl sites for hydroxylation is 1. The molecule has 0 atom stereocenters. The predicted octanol–water partition coefficient (Wildman–Crippen LogP) is 2.83. The Bertz CT molecular complexity index is 623. The number of methoxy groups -OCH3 is 1. The van der Waals surface area contributed by atoms with Crippen LogP contribution < -0.4 is 19.5 Å². The summed E-state index contributed by atoms with van der Waals surface area (Å²) in [6.45, 7) is 2.93. The topological polar surface area (TPSA) is 56.8 Å². The molecule has 0 unspecified atom stereocenters. The van der Waals surface area contributed by atoms with Crippen LogP contribution in [0.15, 0.2) is 48.5 Å². The Kier molecular flexibility index (Phi) is 6.95. The summed E-state index contributed by atoms with van der Waals surface area (Å²) in [5, 5.41) is 2.75. The molecule has 0 fully saturated rings. The Hall–Kier alpha value is -2.69. The number of hydrogen-bond donors (Lipinski definition) is 1. The lowest BCUT2D eigenvalue weighted by Crippen LogP contribution is -2.32. The maximum Gasteiger partial charge on any atom is 0.258 e. The average molecular weight is 329 g/mol. The van der Waals surface area contributed by atoms with Gasteiger partial charge in [-0.25, -0.2) is 0 Å². The molecule has 0 spiro atoms. The van der Waals surface area contributed by atoms with Gasteiger partial charge in [-0.1, -0.05) is 19.1 Å². The van der Waals surface area contributed by atoms with Crippen LogP contribution in [0.2, 0.25) is 0 Å². The first-order valence-electron chi connectivity index (χ1n) is 7.96. The fourth-order valence-corrected chi connectivity index (χ4v) is 2.05. The second-order valence-corrected chi connectivity index (χ2v) is 5.16. The molecule has 2 rings (SSSR count). The van der Waals surface area contributed by atoms with Crippen LogP contribution in [0.4, 0.5) is 0 Å². The molecule has 24 heavy (non-hydrogen) atoms. The largest absolute Gasteiger partial charge is 0.497 e. The summed E-state index contributed by atoms with van der Waals surface area (Å²) in [7, 11) is 1.60. The van der Waals surface area contributed by atoms with E-state index in [1.54, 1.807) is 31.4 Å². The summed E-state index contributed by atoms with van der Waals surface area (Å²) >= 11 is 0. The van der Waals surface area contributed by atoms with Crippen molar-refractivity contribution in [3.63, 3.8) is 0 Å². The minimum absolute atomic E-state index is 0.0302. The van der Waals surface area contributed by atoms with Gasteiger partial charge in [0.15, 0.2) is 6.61 Å². The zero-order valence-corrected chi connectivity index (χ0v) is 14.1. The fraction of sp³-hybridized carbons (Fsp3) is 0.316. The molecular formula is C19H23NO4. The van der Waals surface area contributed by atoms with Crippen molar-refractivity contribution in [2.24, 2.45) is 0 Å². The third kappa shape index (κ3) is 5.83. The lowest BCUT2D eigenvalue weighted by Gasteiger charge is -2.09. The highest BCUT2D eigenvalue weighted by molar-refractivity contribution is 5.77. The van der Waals surface area contributed by atoms with Gasteiger partial charge in [0.2, 0.25) is 0 Å². The number of amides is 1. The van der Waals surface area contributed by atoms with Gasteiger partial charge in [0.25, 0.3) is 5.91 Å². The van der Waals surface area contributed by atoms with Crippen LogP contribution in [0.25, 0.3) is 0 Å². The van der Waals surface area contributed by atoms with Crippen LogP contribution in [-0.4, -0.2) is 32.8 Å². The Morgan fingerprint density at radius 1 is 0.917 bits per heavy atom. The van der Waals surface area contributed by atoms with Crippen molar-refractivity contribution in [2.75, 3.05) is 26.9 Å². The number of carbonyl (C=O) groups excluding carboxylic acids is 1. The summed E-state index contributed by atoms with van der Waals surface area (Å²) < 4.78 is 16.0. The molecule has 0 saturated carbocycles. The SMILES string of the molecule is CCc1ccc(OCCNC(=O)COc2ccc(OC)cc2)cc1. The molecule has 2 aromatic carbocycles. The zero-order valence-electron chi connectivity index (χ0n) is 14.1. The molecular weight excluding hydrogens is 306 g/mol. The van der Waals surface area contributed by atoms with Crippen LogP contribution in [0.5, 0.6) is 17.2 Å².